The van der Waals surface area contributed by atoms with Crippen LogP contribution in [-0.2, 0) is 40.1 Å². The number of hydrogen-bond donors (Lipinski definition) is 2. The Morgan fingerprint density at radius 1 is 0.570 bits per heavy atom. The van der Waals surface area contributed by atoms with Gasteiger partial charge in [0.15, 0.2) is 6.73 Å². The molecule has 0 bridgehead atoms. The van der Waals surface area contributed by atoms with E-state index in [-0.39, 0.29) is 98.5 Å². The number of esters is 3. The number of anilines is 1. The first-order chi connectivity index (χ1) is 36.3. The van der Waals surface area contributed by atoms with Gasteiger partial charge in [0.25, 0.3) is 0 Å². The molecule has 1 aromatic rings. The Hall–Kier alpha value is -4.22. The molecule has 4 rings (SSSR count). The lowest BCUT2D eigenvalue weighted by molar-refractivity contribution is -0.164. The molecule has 0 radical (unpaired) electrons. The van der Waals surface area contributed by atoms with Crippen LogP contribution in [0, 0.1) is 73.9 Å². The summed E-state index contributed by atoms with van der Waals surface area (Å²) in [6, 6.07) is 0. The number of aliphatic imine (C=N–C) groups is 1. The summed E-state index contributed by atoms with van der Waals surface area (Å²) < 4.78 is 21.8. The predicted octanol–water partition coefficient (Wildman–Crippen LogP) is 16.7. The molecule has 1 aromatic heterocycles. The van der Waals surface area contributed by atoms with Gasteiger partial charge in [0.05, 0.1) is 11.4 Å². The monoisotopic (exact) mass is 1100 g/mol. The van der Waals surface area contributed by atoms with Crippen molar-refractivity contribution in [3.63, 3.8) is 0 Å². The first-order valence-corrected chi connectivity index (χ1v) is 30.8. The van der Waals surface area contributed by atoms with Crippen LogP contribution in [0.4, 0.5) is 5.82 Å². The van der Waals surface area contributed by atoms with Crippen molar-refractivity contribution in [3.8, 4) is 0 Å². The molecule has 2 saturated carbocycles. The predicted molar refractivity (Wildman–Crippen MR) is 323 cm³/mol. The van der Waals surface area contributed by atoms with Crippen LogP contribution in [0.1, 0.15) is 272 Å². The molecule has 448 valence electrons. The maximum Gasteiger partial charge on any atom is 0.342 e. The Balaban J connectivity index is 2.27. The molecule has 0 aromatic carbocycles. The summed E-state index contributed by atoms with van der Waals surface area (Å²) in [4.78, 5) is 80.1. The van der Waals surface area contributed by atoms with Gasteiger partial charge in [0.1, 0.15) is 35.0 Å². The molecule has 12 nitrogen and oxygen atoms in total. The van der Waals surface area contributed by atoms with Gasteiger partial charge in [0, 0.05) is 41.4 Å². The van der Waals surface area contributed by atoms with Crippen molar-refractivity contribution in [2.24, 2.45) is 78.9 Å². The molecule has 2 heterocycles. The van der Waals surface area contributed by atoms with Gasteiger partial charge in [-0.3, -0.25) is 19.0 Å². The fourth-order valence-electron chi connectivity index (χ4n) is 14.0. The van der Waals surface area contributed by atoms with Crippen LogP contribution in [0.3, 0.4) is 0 Å². The fourth-order valence-corrected chi connectivity index (χ4v) is 14.0. The number of allylic oxidation sites excluding steroid dienone is 2. The second-order valence-corrected chi connectivity index (χ2v) is 29.6. The van der Waals surface area contributed by atoms with Gasteiger partial charge in [-0.2, -0.15) is 0 Å². The maximum atomic E-state index is 16.0. The third-order valence-electron chi connectivity index (χ3n) is 19.6. The number of hydrogen-bond acceptors (Lipinski definition) is 9. The van der Waals surface area contributed by atoms with Gasteiger partial charge >= 0.3 is 17.9 Å². The number of rotatable bonds is 18. The topological polar surface area (TPSA) is 154 Å². The van der Waals surface area contributed by atoms with E-state index in [4.69, 9.17) is 19.2 Å². The number of amides is 2. The molecule has 2 amide bonds. The highest BCUT2D eigenvalue weighted by Gasteiger charge is 2.51. The number of nitrogens with zero attached hydrogens (tertiary/aromatic N) is 2. The quantitative estimate of drug-likeness (QED) is 0.109. The molecule has 2 aliphatic carbocycles. The van der Waals surface area contributed by atoms with E-state index in [9.17, 15) is 9.59 Å². The lowest BCUT2D eigenvalue weighted by Gasteiger charge is -2.50. The van der Waals surface area contributed by atoms with E-state index in [1.165, 1.54) is 6.92 Å². The average molecular weight is 1100 g/mol. The van der Waals surface area contributed by atoms with E-state index in [0.717, 1.165) is 25.7 Å². The number of ether oxygens (including phenoxy) is 3. The highest BCUT2D eigenvalue weighted by atomic mass is 16.6. The van der Waals surface area contributed by atoms with Crippen LogP contribution in [0.25, 0.3) is 5.57 Å². The van der Waals surface area contributed by atoms with Crippen molar-refractivity contribution >= 4 is 46.9 Å². The Kier molecular flexibility index (Phi) is 21.7. The highest BCUT2D eigenvalue weighted by molar-refractivity contribution is 6.26. The van der Waals surface area contributed by atoms with Crippen molar-refractivity contribution in [2.45, 2.75) is 269 Å². The zero-order valence-electron chi connectivity index (χ0n) is 54.7. The Labute approximate surface area is 480 Å². The van der Waals surface area contributed by atoms with E-state index < -0.39 is 40.9 Å². The summed E-state index contributed by atoms with van der Waals surface area (Å²) in [6.07, 6.45) is 6.12. The lowest BCUT2D eigenvalue weighted by Crippen LogP contribution is -2.50. The minimum absolute atomic E-state index is 0.0314. The standard InChI is InChI=1S/C67H112N4O8/c1-27-66(28-2,29-3)60(75)69-56-50(58(73)78-54-44(62(15,16)17)33-40(11)34-45(54)63(18,19)20)48(38(7)8)52(68-56)42(13)53-49(39(9)10)51(57(71(53)37-77-43(14)72)70-61(76)67(30-4,31-5)32-6)59(74)79-55-46(64(21,22)23)35-41(12)36-47(55)65(24,25)26/h38-41,44-47,54-55H,27-37H2,1-26H3,(H,70,76)(H,68,69,75)/b52-42-. The minimum Gasteiger partial charge on any atom is -0.458 e. The van der Waals surface area contributed by atoms with Crippen molar-refractivity contribution in [3.05, 3.63) is 33.7 Å². The van der Waals surface area contributed by atoms with E-state index in [1.807, 2.05) is 76.2 Å². The average Bonchev–Trinajstić information content (AvgIpc) is 3.91. The zero-order valence-corrected chi connectivity index (χ0v) is 54.7. The number of nitrogens with one attached hydrogen (secondary N) is 2. The SMILES string of the molecule is CCC(CC)(CC)C(=O)NC1=N/C(=C(/C)c2c(C(C)C)c(C(=O)OC3C(C(C)(C)C)CC(C)CC3C(C)(C)C)c(NC(=O)C(CC)(CC)CC)n2COC(C)=O)C(C(C)C)=C1C(=O)OC1C(C(C)(C)C)CC(C)CC1C(C)(C)C. The molecule has 4 atom stereocenters. The summed E-state index contributed by atoms with van der Waals surface area (Å²) in [5.41, 5.74) is 0.771. The molecule has 3 aliphatic rings. The number of carbonyl (C=O) groups is 5. The lowest BCUT2D eigenvalue weighted by atomic mass is 9.59. The maximum absolute atomic E-state index is 16.0. The smallest absolute Gasteiger partial charge is 0.342 e. The Bertz CT molecular complexity index is 2400. The summed E-state index contributed by atoms with van der Waals surface area (Å²) in [5.74, 6) is -1.51. The number of aromatic nitrogens is 1. The van der Waals surface area contributed by atoms with Gasteiger partial charge in [-0.15, -0.1) is 0 Å². The third kappa shape index (κ3) is 14.3. The highest BCUT2D eigenvalue weighted by Crippen LogP contribution is 2.53. The molecule has 1 aliphatic heterocycles. The van der Waals surface area contributed by atoms with Gasteiger partial charge in [-0.05, 0) is 133 Å². The second kappa shape index (κ2) is 25.5. The summed E-state index contributed by atoms with van der Waals surface area (Å²) in [6.45, 7) is 54.3. The first kappa shape index (κ1) is 67.3. The van der Waals surface area contributed by atoms with Gasteiger partial charge in [0.2, 0.25) is 11.8 Å². The first-order valence-electron chi connectivity index (χ1n) is 30.8. The van der Waals surface area contributed by atoms with Crippen molar-refractivity contribution in [1.82, 2.24) is 9.88 Å². The number of amidine groups is 1. The molecular weight excluding hydrogens is 989 g/mol. The Morgan fingerprint density at radius 2 is 0.937 bits per heavy atom. The second-order valence-electron chi connectivity index (χ2n) is 29.6. The van der Waals surface area contributed by atoms with Crippen LogP contribution in [0.2, 0.25) is 0 Å². The molecule has 12 heteroatoms. The summed E-state index contributed by atoms with van der Waals surface area (Å²) in [7, 11) is 0. The third-order valence-corrected chi connectivity index (χ3v) is 19.6. The molecular formula is C67H112N4O8. The normalized spacial score (nSPS) is 24.4. The van der Waals surface area contributed by atoms with Crippen molar-refractivity contribution in [1.29, 1.82) is 0 Å². The Morgan fingerprint density at radius 3 is 1.27 bits per heavy atom. The van der Waals surface area contributed by atoms with Crippen LogP contribution in [0.15, 0.2) is 21.8 Å². The molecule has 79 heavy (non-hydrogen) atoms. The van der Waals surface area contributed by atoms with E-state index in [2.05, 4.69) is 108 Å². The van der Waals surface area contributed by atoms with Crippen molar-refractivity contribution < 1.29 is 38.2 Å². The van der Waals surface area contributed by atoms with Crippen LogP contribution >= 0.6 is 0 Å². The molecule has 2 N–H and O–H groups in total. The summed E-state index contributed by atoms with van der Waals surface area (Å²) >= 11 is 0. The summed E-state index contributed by atoms with van der Waals surface area (Å²) in [5, 5.41) is 6.54. The van der Waals surface area contributed by atoms with Gasteiger partial charge in [-0.25, -0.2) is 14.6 Å². The zero-order chi connectivity index (χ0) is 60.5. The largest absolute Gasteiger partial charge is 0.458 e. The van der Waals surface area contributed by atoms with E-state index in [1.54, 1.807) is 4.57 Å². The van der Waals surface area contributed by atoms with Gasteiger partial charge in [-0.1, -0.05) is 166 Å². The minimum atomic E-state index is -0.776. The van der Waals surface area contributed by atoms with E-state index in [0.29, 0.717) is 78.5 Å². The molecule has 4 unspecified atom stereocenters. The number of carbonyl (C=O) groups excluding carboxylic acids is 5. The van der Waals surface area contributed by atoms with Crippen molar-refractivity contribution in [2.75, 3.05) is 5.32 Å². The van der Waals surface area contributed by atoms with Crippen LogP contribution in [-0.4, -0.2) is 52.3 Å². The molecule has 0 saturated heterocycles. The van der Waals surface area contributed by atoms with E-state index >= 15 is 14.4 Å². The van der Waals surface area contributed by atoms with Gasteiger partial charge < -0.3 is 24.8 Å². The molecule has 0 spiro atoms. The van der Waals surface area contributed by atoms with Crippen LogP contribution < -0.4 is 10.6 Å². The fraction of sp³-hybridized carbons (Fsp3) is 0.791. The molecule has 2 fully saturated rings. The van der Waals surface area contributed by atoms with Crippen LogP contribution in [0.5, 0.6) is 0 Å².